The summed E-state index contributed by atoms with van der Waals surface area (Å²) in [5, 5.41) is 13.9. The number of piperazine rings is 1. The van der Waals surface area contributed by atoms with Crippen LogP contribution in [-0.2, 0) is 13.1 Å². The van der Waals surface area contributed by atoms with Crippen molar-refractivity contribution in [2.45, 2.75) is 20.0 Å². The van der Waals surface area contributed by atoms with Crippen LogP contribution in [0.5, 0.6) is 0 Å². The molecule has 0 saturated carbocycles. The first-order chi connectivity index (χ1) is 11.2. The molecule has 0 aromatic carbocycles. The van der Waals surface area contributed by atoms with Crippen LogP contribution < -0.4 is 15.5 Å². The van der Waals surface area contributed by atoms with Gasteiger partial charge < -0.3 is 20.4 Å². The van der Waals surface area contributed by atoms with Crippen molar-refractivity contribution in [2.24, 2.45) is 0 Å². The molecule has 2 aromatic heterocycles. The number of aromatic nitrogens is 4. The molecule has 0 bridgehead atoms. The Kier molecular flexibility index (Phi) is 3.62. The molecule has 0 radical (unpaired) electrons. The number of H-pyrrole nitrogens is 1. The molecule has 8 heteroatoms. The summed E-state index contributed by atoms with van der Waals surface area (Å²) < 4.78 is 0. The molecule has 0 spiro atoms. The monoisotopic (exact) mass is 314 g/mol. The van der Waals surface area contributed by atoms with Crippen LogP contribution in [0.3, 0.4) is 0 Å². The number of hydrogen-bond donors (Lipinski definition) is 3. The number of fused-ring (bicyclic) bond motifs is 1. The third-order valence-electron chi connectivity index (χ3n) is 4.41. The highest BCUT2D eigenvalue weighted by Gasteiger charge is 2.23. The molecule has 0 amide bonds. The summed E-state index contributed by atoms with van der Waals surface area (Å²) >= 11 is 0. The Bertz CT molecular complexity index is 701. The molecule has 0 unspecified atom stereocenters. The zero-order valence-corrected chi connectivity index (χ0v) is 13.6. The van der Waals surface area contributed by atoms with E-state index < -0.39 is 0 Å². The average Bonchev–Trinajstić information content (AvgIpc) is 3.17. The third-order valence-corrected chi connectivity index (χ3v) is 4.41. The van der Waals surface area contributed by atoms with Crippen molar-refractivity contribution in [3.05, 3.63) is 23.0 Å². The number of nitrogens with one attached hydrogen (secondary N) is 3. The summed E-state index contributed by atoms with van der Waals surface area (Å²) in [7, 11) is 2.15. The molecule has 0 atom stereocenters. The number of hydrogen-bond acceptors (Lipinski definition) is 7. The molecule has 8 nitrogen and oxygen atoms in total. The van der Waals surface area contributed by atoms with Crippen molar-refractivity contribution >= 4 is 17.6 Å². The molecule has 4 rings (SSSR count). The minimum atomic E-state index is 0.791. The van der Waals surface area contributed by atoms with Gasteiger partial charge in [0.2, 0.25) is 5.95 Å². The second kappa shape index (κ2) is 5.78. The van der Waals surface area contributed by atoms with Crippen LogP contribution in [0, 0.1) is 6.92 Å². The van der Waals surface area contributed by atoms with Gasteiger partial charge in [0.15, 0.2) is 5.82 Å². The number of rotatable bonds is 3. The van der Waals surface area contributed by atoms with Gasteiger partial charge in [-0.15, -0.1) is 0 Å². The summed E-state index contributed by atoms with van der Waals surface area (Å²) in [5.74, 6) is 2.47. The van der Waals surface area contributed by atoms with Crippen molar-refractivity contribution in [3.8, 4) is 0 Å². The van der Waals surface area contributed by atoms with Crippen LogP contribution in [0.15, 0.2) is 6.07 Å². The SMILES string of the molecule is Cc1cc(Nc2nc(N3CCN(C)CC3)nc3c2CNC3)n[nH]1. The lowest BCUT2D eigenvalue weighted by molar-refractivity contribution is 0.311. The van der Waals surface area contributed by atoms with Crippen LogP contribution in [0.4, 0.5) is 17.6 Å². The van der Waals surface area contributed by atoms with E-state index >= 15 is 0 Å². The van der Waals surface area contributed by atoms with Crippen LogP contribution in [-0.4, -0.2) is 58.3 Å². The van der Waals surface area contributed by atoms with E-state index in [9.17, 15) is 0 Å². The van der Waals surface area contributed by atoms with E-state index in [0.29, 0.717) is 0 Å². The summed E-state index contributed by atoms with van der Waals surface area (Å²) in [6.07, 6.45) is 0. The average molecular weight is 314 g/mol. The Morgan fingerprint density at radius 2 is 1.96 bits per heavy atom. The van der Waals surface area contributed by atoms with Crippen molar-refractivity contribution in [1.29, 1.82) is 0 Å². The minimum Gasteiger partial charge on any atom is -0.338 e. The predicted molar refractivity (Wildman–Crippen MR) is 88.9 cm³/mol. The van der Waals surface area contributed by atoms with E-state index in [-0.39, 0.29) is 0 Å². The third kappa shape index (κ3) is 2.87. The normalized spacial score (nSPS) is 18.3. The van der Waals surface area contributed by atoms with Gasteiger partial charge >= 0.3 is 0 Å². The van der Waals surface area contributed by atoms with Crippen molar-refractivity contribution in [3.63, 3.8) is 0 Å². The lowest BCUT2D eigenvalue weighted by Crippen LogP contribution is -2.45. The molecular formula is C15H22N8. The Balaban J connectivity index is 1.64. The fourth-order valence-electron chi connectivity index (χ4n) is 3.01. The largest absolute Gasteiger partial charge is 0.338 e. The number of anilines is 3. The quantitative estimate of drug-likeness (QED) is 0.765. The molecule has 1 fully saturated rings. The van der Waals surface area contributed by atoms with Gasteiger partial charge in [-0.1, -0.05) is 0 Å². The van der Waals surface area contributed by atoms with Gasteiger partial charge in [-0.2, -0.15) is 10.1 Å². The summed E-state index contributed by atoms with van der Waals surface area (Å²) in [5.41, 5.74) is 3.25. The van der Waals surface area contributed by atoms with Crippen molar-refractivity contribution in [1.82, 2.24) is 30.4 Å². The number of nitrogens with zero attached hydrogens (tertiary/aromatic N) is 5. The van der Waals surface area contributed by atoms with E-state index in [2.05, 4.69) is 37.7 Å². The second-order valence-corrected chi connectivity index (χ2v) is 6.25. The van der Waals surface area contributed by atoms with Gasteiger partial charge in [0.05, 0.1) is 5.69 Å². The zero-order valence-electron chi connectivity index (χ0n) is 13.6. The first kappa shape index (κ1) is 14.4. The van der Waals surface area contributed by atoms with Gasteiger partial charge in [0, 0.05) is 56.6 Å². The smallest absolute Gasteiger partial charge is 0.227 e. The first-order valence-corrected chi connectivity index (χ1v) is 8.02. The van der Waals surface area contributed by atoms with Crippen molar-refractivity contribution < 1.29 is 0 Å². The lowest BCUT2D eigenvalue weighted by atomic mass is 10.2. The molecule has 1 saturated heterocycles. The minimum absolute atomic E-state index is 0.791. The fraction of sp³-hybridized carbons (Fsp3) is 0.533. The molecule has 4 heterocycles. The van der Waals surface area contributed by atoms with E-state index in [1.54, 1.807) is 0 Å². The van der Waals surface area contributed by atoms with Crippen molar-refractivity contribution in [2.75, 3.05) is 43.4 Å². The zero-order chi connectivity index (χ0) is 15.8. The van der Waals surface area contributed by atoms with Gasteiger partial charge in [0.1, 0.15) is 5.82 Å². The molecule has 0 aliphatic carbocycles. The Labute approximate surface area is 135 Å². The van der Waals surface area contributed by atoms with E-state index in [0.717, 1.165) is 73.8 Å². The maximum atomic E-state index is 4.79. The molecular weight excluding hydrogens is 292 g/mol. The van der Waals surface area contributed by atoms with Gasteiger partial charge in [-0.25, -0.2) is 4.98 Å². The first-order valence-electron chi connectivity index (χ1n) is 8.02. The highest BCUT2D eigenvalue weighted by molar-refractivity contribution is 5.60. The topological polar surface area (TPSA) is 85.0 Å². The number of aromatic amines is 1. The fourth-order valence-corrected chi connectivity index (χ4v) is 3.01. The molecule has 3 N–H and O–H groups in total. The van der Waals surface area contributed by atoms with Gasteiger partial charge in [-0.05, 0) is 14.0 Å². The van der Waals surface area contributed by atoms with E-state index in [1.807, 2.05) is 13.0 Å². The summed E-state index contributed by atoms with van der Waals surface area (Å²) in [4.78, 5) is 14.2. The summed E-state index contributed by atoms with van der Waals surface area (Å²) in [6.45, 7) is 7.59. The maximum absolute atomic E-state index is 4.79. The number of likely N-dealkylation sites (N-methyl/N-ethyl adjacent to an activating group) is 1. The molecule has 122 valence electrons. The second-order valence-electron chi connectivity index (χ2n) is 6.25. The van der Waals surface area contributed by atoms with Crippen LogP contribution in [0.25, 0.3) is 0 Å². The Morgan fingerprint density at radius 1 is 1.13 bits per heavy atom. The molecule has 2 aliphatic heterocycles. The van der Waals surface area contributed by atoms with Crippen LogP contribution in [0.2, 0.25) is 0 Å². The van der Waals surface area contributed by atoms with Crippen LogP contribution >= 0.6 is 0 Å². The highest BCUT2D eigenvalue weighted by Crippen LogP contribution is 2.27. The summed E-state index contributed by atoms with van der Waals surface area (Å²) in [6, 6.07) is 1.98. The van der Waals surface area contributed by atoms with E-state index in [4.69, 9.17) is 9.97 Å². The van der Waals surface area contributed by atoms with Gasteiger partial charge in [0.25, 0.3) is 0 Å². The molecule has 23 heavy (non-hydrogen) atoms. The van der Waals surface area contributed by atoms with Crippen LogP contribution in [0.1, 0.15) is 17.0 Å². The Hall–Kier alpha value is -2.19. The van der Waals surface area contributed by atoms with E-state index in [1.165, 1.54) is 0 Å². The predicted octanol–water partition coefficient (Wildman–Crippen LogP) is 0.607. The Morgan fingerprint density at radius 3 is 2.70 bits per heavy atom. The maximum Gasteiger partial charge on any atom is 0.227 e. The van der Waals surface area contributed by atoms with Gasteiger partial charge in [-0.3, -0.25) is 5.10 Å². The molecule has 2 aromatic rings. The number of aryl methyl sites for hydroxylation is 1. The standard InChI is InChI=1S/C15H22N8/c1-10-7-13(21-20-10)18-14-11-8-16-9-12(11)17-15(19-14)23-5-3-22(2)4-6-23/h7,16H,3-6,8-9H2,1-2H3,(H2,17,18,19,20,21). The molecule has 2 aliphatic rings. The highest BCUT2D eigenvalue weighted by atomic mass is 15.3. The lowest BCUT2D eigenvalue weighted by Gasteiger charge is -2.32.